The van der Waals surface area contributed by atoms with Gasteiger partial charge in [0.1, 0.15) is 24.8 Å². The fourth-order valence-corrected chi connectivity index (χ4v) is 1.80. The Morgan fingerprint density at radius 3 is 2.39 bits per heavy atom. The van der Waals surface area contributed by atoms with Crippen molar-refractivity contribution >= 4 is 18.4 Å². The molecule has 6 heteroatoms. The van der Waals surface area contributed by atoms with E-state index in [0.717, 1.165) is 5.56 Å². The maximum absolute atomic E-state index is 12.7. The van der Waals surface area contributed by atoms with Crippen LogP contribution in [0.1, 0.15) is 12.0 Å². The lowest BCUT2D eigenvalue weighted by molar-refractivity contribution is -0.145. The van der Waals surface area contributed by atoms with Gasteiger partial charge in [0.15, 0.2) is 0 Å². The van der Waals surface area contributed by atoms with Crippen LogP contribution in [0.15, 0.2) is 54.6 Å². The van der Waals surface area contributed by atoms with Gasteiger partial charge in [0, 0.05) is 6.04 Å². The molecule has 0 heterocycles. The van der Waals surface area contributed by atoms with Crippen LogP contribution in [0.4, 0.5) is 4.39 Å². The van der Waals surface area contributed by atoms with E-state index in [9.17, 15) is 9.18 Å². The third kappa shape index (κ3) is 7.13. The first-order valence-corrected chi connectivity index (χ1v) is 6.97. The van der Waals surface area contributed by atoms with E-state index in [1.165, 1.54) is 24.3 Å². The van der Waals surface area contributed by atoms with Crippen LogP contribution in [0.5, 0.6) is 5.75 Å². The van der Waals surface area contributed by atoms with Crippen LogP contribution in [0, 0.1) is 5.82 Å². The van der Waals surface area contributed by atoms with Crippen molar-refractivity contribution in [2.45, 2.75) is 19.1 Å². The smallest absolute Gasteiger partial charge is 0.307 e. The first-order chi connectivity index (χ1) is 10.6. The Morgan fingerprint density at radius 2 is 1.74 bits per heavy atom. The third-order valence-electron chi connectivity index (χ3n) is 2.95. The van der Waals surface area contributed by atoms with Gasteiger partial charge in [-0.05, 0) is 29.8 Å². The summed E-state index contributed by atoms with van der Waals surface area (Å²) in [5.74, 6) is -0.199. The highest BCUT2D eigenvalue weighted by Crippen LogP contribution is 2.11. The number of ether oxygens (including phenoxy) is 2. The Kier molecular flexibility index (Phi) is 8.08. The van der Waals surface area contributed by atoms with Crippen LogP contribution in [-0.4, -0.2) is 18.6 Å². The molecule has 0 saturated carbocycles. The summed E-state index contributed by atoms with van der Waals surface area (Å²) in [7, 11) is 0. The van der Waals surface area contributed by atoms with Gasteiger partial charge >= 0.3 is 5.97 Å². The molecule has 0 aliphatic carbocycles. The average molecular weight is 340 g/mol. The van der Waals surface area contributed by atoms with Crippen LogP contribution in [-0.2, 0) is 16.1 Å². The molecule has 2 N–H and O–H groups in total. The number of carbonyl (C=O) groups excluding carboxylic acids is 1. The fourth-order valence-electron chi connectivity index (χ4n) is 1.80. The zero-order valence-electron chi connectivity index (χ0n) is 12.5. The number of esters is 1. The largest absolute Gasteiger partial charge is 0.492 e. The molecule has 0 saturated heterocycles. The summed E-state index contributed by atoms with van der Waals surface area (Å²) < 4.78 is 23.3. The predicted molar refractivity (Wildman–Crippen MR) is 88.0 cm³/mol. The molecule has 124 valence electrons. The van der Waals surface area contributed by atoms with Crippen molar-refractivity contribution in [2.24, 2.45) is 5.73 Å². The molecule has 4 nitrogen and oxygen atoms in total. The predicted octanol–water partition coefficient (Wildman–Crippen LogP) is 3.09. The van der Waals surface area contributed by atoms with E-state index >= 15 is 0 Å². The number of benzene rings is 2. The molecule has 0 amide bonds. The van der Waals surface area contributed by atoms with Crippen LogP contribution >= 0.6 is 12.4 Å². The summed E-state index contributed by atoms with van der Waals surface area (Å²) in [6, 6.07) is 14.6. The van der Waals surface area contributed by atoms with Gasteiger partial charge in [0.2, 0.25) is 0 Å². The van der Waals surface area contributed by atoms with Crippen molar-refractivity contribution in [3.63, 3.8) is 0 Å². The van der Waals surface area contributed by atoms with E-state index < -0.39 is 6.04 Å². The average Bonchev–Trinajstić information content (AvgIpc) is 2.53. The lowest BCUT2D eigenvalue weighted by Crippen LogP contribution is -2.31. The Balaban J connectivity index is 0.00000264. The molecule has 23 heavy (non-hydrogen) atoms. The molecule has 0 bridgehead atoms. The molecule has 0 aliphatic rings. The number of halogens is 2. The first kappa shape index (κ1) is 18.9. The van der Waals surface area contributed by atoms with Gasteiger partial charge < -0.3 is 15.2 Å². The molecule has 2 aromatic rings. The van der Waals surface area contributed by atoms with Crippen molar-refractivity contribution in [1.29, 1.82) is 0 Å². The fraction of sp³-hybridized carbons (Fsp3) is 0.235. The molecule has 0 spiro atoms. The second-order valence-electron chi connectivity index (χ2n) is 4.88. The van der Waals surface area contributed by atoms with Gasteiger partial charge in [0.25, 0.3) is 0 Å². The minimum Gasteiger partial charge on any atom is -0.492 e. The topological polar surface area (TPSA) is 61.5 Å². The minimum absolute atomic E-state index is 0. The van der Waals surface area contributed by atoms with Gasteiger partial charge in [-0.15, -0.1) is 12.4 Å². The van der Waals surface area contributed by atoms with Crippen molar-refractivity contribution in [1.82, 2.24) is 0 Å². The molecule has 0 aliphatic heterocycles. The van der Waals surface area contributed by atoms with Crippen LogP contribution < -0.4 is 10.5 Å². The molecule has 0 radical (unpaired) electrons. The second kappa shape index (κ2) is 9.82. The van der Waals surface area contributed by atoms with Crippen LogP contribution in [0.3, 0.4) is 0 Å². The Morgan fingerprint density at radius 1 is 1.09 bits per heavy atom. The summed E-state index contributed by atoms with van der Waals surface area (Å²) in [5.41, 5.74) is 6.74. The van der Waals surface area contributed by atoms with E-state index in [-0.39, 0.29) is 43.8 Å². The zero-order chi connectivity index (χ0) is 15.8. The van der Waals surface area contributed by atoms with E-state index in [2.05, 4.69) is 0 Å². The zero-order valence-corrected chi connectivity index (χ0v) is 13.3. The standard InChI is InChI=1S/C17H18FNO3.ClH/c18-14-6-8-16(9-7-14)21-12-15(19)10-17(20)22-11-13-4-2-1-3-5-13;/h1-9,15H,10-12,19H2;1H. The maximum atomic E-state index is 12.7. The van der Waals surface area contributed by atoms with E-state index in [1.54, 1.807) is 0 Å². The highest BCUT2D eigenvalue weighted by molar-refractivity contribution is 5.85. The molecule has 1 unspecified atom stereocenters. The molecular weight excluding hydrogens is 321 g/mol. The first-order valence-electron chi connectivity index (χ1n) is 6.97. The van der Waals surface area contributed by atoms with Gasteiger partial charge in [-0.3, -0.25) is 4.79 Å². The SMILES string of the molecule is Cl.NC(COc1ccc(F)cc1)CC(=O)OCc1ccccc1. The molecule has 2 rings (SSSR count). The Hall–Kier alpha value is -2.11. The summed E-state index contributed by atoms with van der Waals surface area (Å²) in [5, 5.41) is 0. The van der Waals surface area contributed by atoms with Gasteiger partial charge in [-0.2, -0.15) is 0 Å². The van der Waals surface area contributed by atoms with Crippen molar-refractivity contribution in [3.05, 3.63) is 66.0 Å². The molecule has 1 atom stereocenters. The number of nitrogens with two attached hydrogens (primary N) is 1. The molecular formula is C17H19ClFNO3. The lowest BCUT2D eigenvalue weighted by atomic mass is 10.2. The highest BCUT2D eigenvalue weighted by Gasteiger charge is 2.12. The van der Waals surface area contributed by atoms with Crippen molar-refractivity contribution < 1.29 is 18.7 Å². The number of hydrogen-bond acceptors (Lipinski definition) is 4. The molecule has 0 fully saturated rings. The quantitative estimate of drug-likeness (QED) is 0.787. The lowest BCUT2D eigenvalue weighted by Gasteiger charge is -2.13. The van der Waals surface area contributed by atoms with Gasteiger partial charge in [0.05, 0.1) is 6.42 Å². The van der Waals surface area contributed by atoms with Crippen molar-refractivity contribution in [2.75, 3.05) is 6.61 Å². The Bertz CT molecular complexity index is 593. The van der Waals surface area contributed by atoms with E-state index in [1.807, 2.05) is 30.3 Å². The van der Waals surface area contributed by atoms with Crippen molar-refractivity contribution in [3.8, 4) is 5.75 Å². The molecule has 0 aromatic heterocycles. The molecule has 2 aromatic carbocycles. The number of hydrogen-bond donors (Lipinski definition) is 1. The third-order valence-corrected chi connectivity index (χ3v) is 2.95. The van der Waals surface area contributed by atoms with Gasteiger partial charge in [-0.25, -0.2) is 4.39 Å². The highest BCUT2D eigenvalue weighted by atomic mass is 35.5. The summed E-state index contributed by atoms with van der Waals surface area (Å²) in [6.07, 6.45) is 0.0635. The van der Waals surface area contributed by atoms with Gasteiger partial charge in [-0.1, -0.05) is 30.3 Å². The number of carbonyl (C=O) groups is 1. The normalized spacial score (nSPS) is 11.2. The van der Waals surface area contributed by atoms with Crippen LogP contribution in [0.2, 0.25) is 0 Å². The number of rotatable bonds is 7. The summed E-state index contributed by atoms with van der Waals surface area (Å²) in [6.45, 7) is 0.386. The van der Waals surface area contributed by atoms with E-state index in [4.69, 9.17) is 15.2 Å². The van der Waals surface area contributed by atoms with Crippen LogP contribution in [0.25, 0.3) is 0 Å². The monoisotopic (exact) mass is 339 g/mol. The summed E-state index contributed by atoms with van der Waals surface area (Å²) >= 11 is 0. The second-order valence-corrected chi connectivity index (χ2v) is 4.88. The maximum Gasteiger partial charge on any atom is 0.307 e. The van der Waals surface area contributed by atoms with E-state index in [0.29, 0.717) is 5.75 Å². The minimum atomic E-state index is -0.478. The summed E-state index contributed by atoms with van der Waals surface area (Å²) in [4.78, 5) is 11.7. The Labute approximate surface area is 140 Å².